The van der Waals surface area contributed by atoms with E-state index < -0.39 is 5.92 Å². The molecular formula is C16H10Cl2O3. The van der Waals surface area contributed by atoms with Gasteiger partial charge in [0.25, 0.3) is 0 Å². The Morgan fingerprint density at radius 3 is 2.29 bits per heavy atom. The fourth-order valence-corrected chi connectivity index (χ4v) is 3.07. The van der Waals surface area contributed by atoms with E-state index in [4.69, 9.17) is 27.9 Å². The molecule has 0 heterocycles. The molecule has 0 unspecified atom stereocenters. The Morgan fingerprint density at radius 1 is 1.00 bits per heavy atom. The number of benzene rings is 2. The Bertz CT molecular complexity index is 754. The molecule has 21 heavy (non-hydrogen) atoms. The van der Waals surface area contributed by atoms with E-state index in [2.05, 4.69) is 0 Å². The number of Topliss-reactive ketones (excluding diaryl/α,β-unsaturated/α-hetero) is 2. The van der Waals surface area contributed by atoms with E-state index in [1.165, 1.54) is 13.2 Å². The van der Waals surface area contributed by atoms with Gasteiger partial charge in [-0.3, -0.25) is 9.59 Å². The lowest BCUT2D eigenvalue weighted by Crippen LogP contribution is -2.12. The lowest BCUT2D eigenvalue weighted by Gasteiger charge is -2.07. The molecule has 2 aromatic carbocycles. The highest BCUT2D eigenvalue weighted by Crippen LogP contribution is 2.44. The van der Waals surface area contributed by atoms with Gasteiger partial charge in [-0.1, -0.05) is 53.5 Å². The number of ketones is 2. The summed E-state index contributed by atoms with van der Waals surface area (Å²) in [5.41, 5.74) is 1.09. The van der Waals surface area contributed by atoms with Gasteiger partial charge in [0.1, 0.15) is 16.7 Å². The van der Waals surface area contributed by atoms with Crippen LogP contribution in [0.5, 0.6) is 5.75 Å². The standard InChI is InChI=1S/C16H10Cl2O3/c1-21-10-7-9-12(14(18)13(10)17)16(20)11(15(9)19)8-5-3-2-4-6-8/h2-7,11H,1H3/t11-/m1/s1. The molecule has 0 radical (unpaired) electrons. The molecule has 0 saturated carbocycles. The van der Waals surface area contributed by atoms with E-state index in [1.54, 1.807) is 24.3 Å². The molecule has 106 valence electrons. The molecule has 1 atom stereocenters. The Labute approximate surface area is 131 Å². The lowest BCUT2D eigenvalue weighted by molar-refractivity contribution is 0.0890. The van der Waals surface area contributed by atoms with Gasteiger partial charge in [0, 0.05) is 11.1 Å². The predicted molar refractivity (Wildman–Crippen MR) is 80.9 cm³/mol. The summed E-state index contributed by atoms with van der Waals surface area (Å²) in [5.74, 6) is -1.18. The van der Waals surface area contributed by atoms with E-state index in [9.17, 15) is 9.59 Å². The van der Waals surface area contributed by atoms with Crippen LogP contribution in [0.3, 0.4) is 0 Å². The van der Waals surface area contributed by atoms with E-state index in [0.717, 1.165) is 0 Å². The highest BCUT2D eigenvalue weighted by molar-refractivity contribution is 6.47. The summed E-state index contributed by atoms with van der Waals surface area (Å²) >= 11 is 12.2. The highest BCUT2D eigenvalue weighted by Gasteiger charge is 2.42. The Kier molecular flexibility index (Phi) is 3.47. The topological polar surface area (TPSA) is 43.4 Å². The van der Waals surface area contributed by atoms with Gasteiger partial charge in [0.2, 0.25) is 0 Å². The van der Waals surface area contributed by atoms with Crippen LogP contribution in [0, 0.1) is 0 Å². The van der Waals surface area contributed by atoms with Crippen LogP contribution in [-0.2, 0) is 0 Å². The Morgan fingerprint density at radius 2 is 1.67 bits per heavy atom. The zero-order valence-corrected chi connectivity index (χ0v) is 12.5. The average molecular weight is 321 g/mol. The minimum Gasteiger partial charge on any atom is -0.495 e. The summed E-state index contributed by atoms with van der Waals surface area (Å²) in [7, 11) is 1.43. The number of hydrogen-bond donors (Lipinski definition) is 0. The van der Waals surface area contributed by atoms with Crippen molar-refractivity contribution in [3.63, 3.8) is 0 Å². The van der Waals surface area contributed by atoms with Crippen molar-refractivity contribution in [2.24, 2.45) is 0 Å². The number of hydrogen-bond acceptors (Lipinski definition) is 3. The molecule has 1 aliphatic rings. The van der Waals surface area contributed by atoms with Crippen molar-refractivity contribution in [1.82, 2.24) is 0 Å². The summed E-state index contributed by atoms with van der Waals surface area (Å²) in [6.45, 7) is 0. The van der Waals surface area contributed by atoms with E-state index in [-0.39, 0.29) is 38.5 Å². The second kappa shape index (κ2) is 5.17. The predicted octanol–water partition coefficient (Wildman–Crippen LogP) is 4.16. The maximum Gasteiger partial charge on any atom is 0.180 e. The minimum absolute atomic E-state index is 0.0720. The average Bonchev–Trinajstić information content (AvgIpc) is 2.75. The van der Waals surface area contributed by atoms with Gasteiger partial charge >= 0.3 is 0 Å². The first kappa shape index (κ1) is 14.1. The third-order valence-corrected chi connectivity index (χ3v) is 4.41. The zero-order chi connectivity index (χ0) is 15.1. The highest BCUT2D eigenvalue weighted by atomic mass is 35.5. The van der Waals surface area contributed by atoms with Crippen LogP contribution in [0.25, 0.3) is 0 Å². The fraction of sp³-hybridized carbons (Fsp3) is 0.125. The summed E-state index contributed by atoms with van der Waals surface area (Å²) in [6, 6.07) is 10.4. The van der Waals surface area contributed by atoms with Crippen LogP contribution in [0.1, 0.15) is 32.2 Å². The molecular weight excluding hydrogens is 311 g/mol. The third kappa shape index (κ3) is 2.04. The van der Waals surface area contributed by atoms with Crippen molar-refractivity contribution >= 4 is 34.8 Å². The zero-order valence-electron chi connectivity index (χ0n) is 11.0. The molecule has 0 aliphatic heterocycles. The molecule has 0 saturated heterocycles. The quantitative estimate of drug-likeness (QED) is 0.780. The van der Waals surface area contributed by atoms with Gasteiger partial charge in [-0.2, -0.15) is 0 Å². The van der Waals surface area contributed by atoms with Gasteiger partial charge in [0.05, 0.1) is 12.1 Å². The number of carbonyl (C=O) groups is 2. The van der Waals surface area contributed by atoms with Crippen LogP contribution in [0.4, 0.5) is 0 Å². The number of rotatable bonds is 2. The van der Waals surface area contributed by atoms with Crippen LogP contribution in [0.15, 0.2) is 36.4 Å². The second-order valence-corrected chi connectivity index (χ2v) is 5.46. The van der Waals surface area contributed by atoms with Crippen LogP contribution in [-0.4, -0.2) is 18.7 Å². The molecule has 2 aromatic rings. The third-order valence-electron chi connectivity index (χ3n) is 3.56. The molecule has 5 heteroatoms. The van der Waals surface area contributed by atoms with E-state index >= 15 is 0 Å². The fourth-order valence-electron chi connectivity index (χ4n) is 2.55. The van der Waals surface area contributed by atoms with Crippen molar-refractivity contribution in [3.05, 3.63) is 63.1 Å². The molecule has 0 spiro atoms. The van der Waals surface area contributed by atoms with Crippen molar-refractivity contribution in [2.45, 2.75) is 5.92 Å². The van der Waals surface area contributed by atoms with Gasteiger partial charge in [-0.05, 0) is 11.6 Å². The first-order valence-corrected chi connectivity index (χ1v) is 7.01. The van der Waals surface area contributed by atoms with Crippen LogP contribution in [0.2, 0.25) is 10.0 Å². The summed E-state index contributed by atoms with van der Waals surface area (Å²) in [5, 5.41) is 0.218. The maximum atomic E-state index is 12.6. The van der Waals surface area contributed by atoms with Crippen molar-refractivity contribution < 1.29 is 14.3 Å². The Hall–Kier alpha value is -1.84. The molecule has 3 nitrogen and oxygen atoms in total. The van der Waals surface area contributed by atoms with Gasteiger partial charge in [-0.25, -0.2) is 0 Å². The summed E-state index contributed by atoms with van der Waals surface area (Å²) in [4.78, 5) is 25.1. The number of methoxy groups -OCH3 is 1. The summed E-state index contributed by atoms with van der Waals surface area (Å²) in [6.07, 6.45) is 0. The molecule has 3 rings (SSSR count). The first-order chi connectivity index (χ1) is 10.1. The van der Waals surface area contributed by atoms with Crippen molar-refractivity contribution in [2.75, 3.05) is 7.11 Å². The van der Waals surface area contributed by atoms with Gasteiger partial charge in [-0.15, -0.1) is 0 Å². The SMILES string of the molecule is COc1cc2c(c(Cl)c1Cl)C(=O)[C@H](c1ccccc1)C2=O. The van der Waals surface area contributed by atoms with Gasteiger partial charge < -0.3 is 4.74 Å². The molecule has 0 N–H and O–H groups in total. The molecule has 1 aliphatic carbocycles. The molecule has 0 amide bonds. The summed E-state index contributed by atoms with van der Waals surface area (Å²) < 4.78 is 5.10. The van der Waals surface area contributed by atoms with E-state index in [1.807, 2.05) is 6.07 Å². The monoisotopic (exact) mass is 320 g/mol. The molecule has 0 fully saturated rings. The largest absolute Gasteiger partial charge is 0.495 e. The van der Waals surface area contributed by atoms with Gasteiger partial charge in [0.15, 0.2) is 11.6 Å². The van der Waals surface area contributed by atoms with Crippen molar-refractivity contribution in [1.29, 1.82) is 0 Å². The normalized spacial score (nSPS) is 17.0. The van der Waals surface area contributed by atoms with Crippen LogP contribution < -0.4 is 4.74 Å². The van der Waals surface area contributed by atoms with Crippen LogP contribution >= 0.6 is 23.2 Å². The minimum atomic E-state index is -0.859. The Balaban J connectivity index is 2.20. The van der Waals surface area contributed by atoms with E-state index in [0.29, 0.717) is 5.56 Å². The number of carbonyl (C=O) groups excluding carboxylic acids is 2. The maximum absolute atomic E-state index is 12.6. The number of ether oxygens (including phenoxy) is 1. The number of fused-ring (bicyclic) bond motifs is 1. The van der Waals surface area contributed by atoms with Crippen molar-refractivity contribution in [3.8, 4) is 5.75 Å². The molecule has 0 bridgehead atoms. The molecule has 0 aromatic heterocycles. The lowest BCUT2D eigenvalue weighted by atomic mass is 9.94. The smallest absolute Gasteiger partial charge is 0.180 e. The number of halogens is 2. The second-order valence-electron chi connectivity index (χ2n) is 4.70. The first-order valence-electron chi connectivity index (χ1n) is 6.25.